The Morgan fingerprint density at radius 2 is 2.04 bits per heavy atom. The lowest BCUT2D eigenvalue weighted by Crippen LogP contribution is -2.43. The van der Waals surface area contributed by atoms with E-state index < -0.39 is 20.0 Å². The van der Waals surface area contributed by atoms with Crippen LogP contribution in [0.5, 0.6) is 0 Å². The van der Waals surface area contributed by atoms with E-state index in [0.717, 1.165) is 12.8 Å². The molecule has 1 atom stereocenters. The number of thiophene rings is 1. The van der Waals surface area contributed by atoms with Crippen molar-refractivity contribution in [2.24, 2.45) is 5.14 Å². The number of rotatable bonds is 9. The molecule has 11 heteroatoms. The Labute approximate surface area is 153 Å². The van der Waals surface area contributed by atoms with Crippen LogP contribution < -0.4 is 10.5 Å². The van der Waals surface area contributed by atoms with Gasteiger partial charge in [0.25, 0.3) is 10.0 Å². The monoisotopic (exact) mass is 411 g/mol. The lowest BCUT2D eigenvalue weighted by molar-refractivity contribution is 0.280. The minimum Gasteiger partial charge on any atom is -0.396 e. The molecule has 0 spiro atoms. The molecule has 0 saturated heterocycles. The molecule has 25 heavy (non-hydrogen) atoms. The first-order valence-electron chi connectivity index (χ1n) is 8.22. The molecule has 0 aromatic carbocycles. The van der Waals surface area contributed by atoms with Crippen LogP contribution in [-0.4, -0.2) is 52.5 Å². The molecule has 2 heterocycles. The highest BCUT2D eigenvalue weighted by Gasteiger charge is 2.39. The molecule has 1 aromatic rings. The van der Waals surface area contributed by atoms with E-state index in [4.69, 9.17) is 10.2 Å². The van der Waals surface area contributed by atoms with Crippen LogP contribution in [0.1, 0.15) is 44.2 Å². The quantitative estimate of drug-likeness (QED) is 0.510. The van der Waals surface area contributed by atoms with E-state index in [9.17, 15) is 16.8 Å². The number of unbranched alkanes of at least 4 members (excludes halogenated alkanes) is 3. The highest BCUT2D eigenvalue weighted by Crippen LogP contribution is 2.39. The fraction of sp³-hybridized carbons (Fsp3) is 0.714. The molecular weight excluding hydrogens is 386 g/mol. The number of likely N-dealkylation sites (N-methyl/N-ethyl adjacent to an activating group) is 1. The number of hydrogen-bond acceptors (Lipinski definition) is 7. The van der Waals surface area contributed by atoms with Gasteiger partial charge in [0.05, 0.1) is 0 Å². The standard InChI is InChI=1S/C14H25N3O5S3/c1-2-16-12-10-17(7-5-3-4-6-8-18)25(21,22)14-11(12)9-13(23-14)24(15,19)20/h9,12,16,18H,2-8,10H2,1H3,(H2,15,19,20). The number of nitrogens with zero attached hydrogens (tertiary/aromatic N) is 1. The average molecular weight is 412 g/mol. The Morgan fingerprint density at radius 1 is 1.36 bits per heavy atom. The van der Waals surface area contributed by atoms with Crippen molar-refractivity contribution in [1.82, 2.24) is 9.62 Å². The third-order valence-electron chi connectivity index (χ3n) is 4.08. The van der Waals surface area contributed by atoms with Crippen LogP contribution in [0.3, 0.4) is 0 Å². The van der Waals surface area contributed by atoms with Crippen molar-refractivity contribution in [3.63, 3.8) is 0 Å². The van der Waals surface area contributed by atoms with E-state index in [2.05, 4.69) is 5.32 Å². The van der Waals surface area contributed by atoms with Gasteiger partial charge >= 0.3 is 0 Å². The highest BCUT2D eigenvalue weighted by molar-refractivity contribution is 7.94. The van der Waals surface area contributed by atoms with Gasteiger partial charge in [0.15, 0.2) is 0 Å². The number of hydrogen-bond donors (Lipinski definition) is 3. The van der Waals surface area contributed by atoms with Crippen molar-refractivity contribution in [3.05, 3.63) is 11.6 Å². The van der Waals surface area contributed by atoms with Gasteiger partial charge in [-0.05, 0) is 25.5 Å². The molecule has 1 unspecified atom stereocenters. The van der Waals surface area contributed by atoms with Gasteiger partial charge in [-0.15, -0.1) is 11.3 Å². The fourth-order valence-corrected chi connectivity index (χ4v) is 7.16. The lowest BCUT2D eigenvalue weighted by Gasteiger charge is -2.32. The number of aliphatic hydroxyl groups excluding tert-OH is 1. The molecule has 1 aliphatic heterocycles. The first kappa shape index (κ1) is 20.7. The van der Waals surface area contributed by atoms with Gasteiger partial charge in [-0.2, -0.15) is 4.31 Å². The van der Waals surface area contributed by atoms with Crippen molar-refractivity contribution < 1.29 is 21.9 Å². The second-order valence-corrected chi connectivity index (χ2v) is 10.9. The molecule has 2 rings (SSSR count). The SMILES string of the molecule is CCNC1CN(CCCCCCO)S(=O)(=O)c2sc(S(N)(=O)=O)cc21. The van der Waals surface area contributed by atoms with E-state index in [-0.39, 0.29) is 27.6 Å². The molecule has 0 radical (unpaired) electrons. The zero-order valence-corrected chi connectivity index (χ0v) is 16.6. The summed E-state index contributed by atoms with van der Waals surface area (Å²) in [4.78, 5) is 0. The molecule has 0 fully saturated rings. The summed E-state index contributed by atoms with van der Waals surface area (Å²) < 4.78 is 50.3. The third-order valence-corrected chi connectivity index (χ3v) is 9.05. The van der Waals surface area contributed by atoms with Crippen LogP contribution in [0.25, 0.3) is 0 Å². The average Bonchev–Trinajstić information content (AvgIpc) is 2.98. The van der Waals surface area contributed by atoms with E-state index in [1.54, 1.807) is 0 Å². The smallest absolute Gasteiger partial charge is 0.252 e. The molecule has 0 aliphatic carbocycles. The van der Waals surface area contributed by atoms with Crippen molar-refractivity contribution in [3.8, 4) is 0 Å². The van der Waals surface area contributed by atoms with Gasteiger partial charge in [0.2, 0.25) is 10.0 Å². The summed E-state index contributed by atoms with van der Waals surface area (Å²) in [6.45, 7) is 3.32. The molecule has 0 saturated carbocycles. The van der Waals surface area contributed by atoms with Gasteiger partial charge in [0.1, 0.15) is 8.42 Å². The lowest BCUT2D eigenvalue weighted by atomic mass is 10.1. The molecule has 1 aromatic heterocycles. The molecule has 0 bridgehead atoms. The number of primary sulfonamides is 1. The first-order valence-corrected chi connectivity index (χ1v) is 12.0. The Balaban J connectivity index is 2.27. The molecule has 4 N–H and O–H groups in total. The number of aliphatic hydroxyl groups is 1. The summed E-state index contributed by atoms with van der Waals surface area (Å²) in [6, 6.07) is 1.12. The summed E-state index contributed by atoms with van der Waals surface area (Å²) in [5.74, 6) is 0. The number of nitrogens with one attached hydrogen (secondary N) is 1. The van der Waals surface area contributed by atoms with Crippen LogP contribution in [0, 0.1) is 0 Å². The Kier molecular flexibility index (Phi) is 6.99. The highest BCUT2D eigenvalue weighted by atomic mass is 32.3. The van der Waals surface area contributed by atoms with E-state index in [1.165, 1.54) is 10.4 Å². The maximum atomic E-state index is 12.8. The summed E-state index contributed by atoms with van der Waals surface area (Å²) in [6.07, 6.45) is 3.08. The zero-order valence-electron chi connectivity index (χ0n) is 14.1. The van der Waals surface area contributed by atoms with Crippen LogP contribution >= 0.6 is 11.3 Å². The largest absolute Gasteiger partial charge is 0.396 e. The fourth-order valence-electron chi connectivity index (χ4n) is 2.85. The molecular formula is C14H25N3O5S3. The van der Waals surface area contributed by atoms with Crippen LogP contribution in [-0.2, 0) is 20.0 Å². The maximum Gasteiger partial charge on any atom is 0.252 e. The molecule has 0 amide bonds. The topological polar surface area (TPSA) is 130 Å². The normalized spacial score (nSPS) is 20.5. The van der Waals surface area contributed by atoms with Gasteiger partial charge in [-0.1, -0.05) is 19.8 Å². The van der Waals surface area contributed by atoms with Gasteiger partial charge in [-0.3, -0.25) is 0 Å². The van der Waals surface area contributed by atoms with Crippen molar-refractivity contribution in [1.29, 1.82) is 0 Å². The van der Waals surface area contributed by atoms with Gasteiger partial charge in [0, 0.05) is 31.3 Å². The summed E-state index contributed by atoms with van der Waals surface area (Å²) in [5.41, 5.74) is 0.479. The second kappa shape index (κ2) is 8.42. The predicted molar refractivity (Wildman–Crippen MR) is 96.4 cm³/mol. The van der Waals surface area contributed by atoms with E-state index >= 15 is 0 Å². The minimum atomic E-state index is -3.95. The van der Waals surface area contributed by atoms with Crippen LogP contribution in [0.4, 0.5) is 0 Å². The van der Waals surface area contributed by atoms with Crippen molar-refractivity contribution in [2.45, 2.75) is 47.1 Å². The van der Waals surface area contributed by atoms with E-state index in [1.807, 2.05) is 6.92 Å². The number of nitrogens with two attached hydrogens (primary N) is 1. The summed E-state index contributed by atoms with van der Waals surface area (Å²) >= 11 is 0.714. The number of fused-ring (bicyclic) bond motifs is 1. The zero-order chi connectivity index (χ0) is 18.7. The van der Waals surface area contributed by atoms with Crippen molar-refractivity contribution >= 4 is 31.4 Å². The maximum absolute atomic E-state index is 12.8. The van der Waals surface area contributed by atoms with Crippen molar-refractivity contribution in [2.75, 3.05) is 26.2 Å². The Bertz CT molecular complexity index is 789. The minimum absolute atomic E-state index is 0.0593. The molecule has 1 aliphatic rings. The first-order chi connectivity index (χ1) is 11.7. The number of sulfonamides is 2. The van der Waals surface area contributed by atoms with Gasteiger partial charge < -0.3 is 10.4 Å². The molecule has 144 valence electrons. The summed E-state index contributed by atoms with van der Waals surface area (Å²) in [7, 11) is -7.67. The van der Waals surface area contributed by atoms with E-state index in [0.29, 0.717) is 42.8 Å². The Hall–Kier alpha value is -0.560. The Morgan fingerprint density at radius 3 is 2.64 bits per heavy atom. The molecule has 8 nitrogen and oxygen atoms in total. The van der Waals surface area contributed by atoms with Gasteiger partial charge in [-0.25, -0.2) is 22.0 Å². The third kappa shape index (κ3) is 4.79. The predicted octanol–water partition coefficient (Wildman–Crippen LogP) is 0.603. The summed E-state index contributed by atoms with van der Waals surface area (Å²) in [5, 5.41) is 17.2. The van der Waals surface area contributed by atoms with Crippen LogP contribution in [0.15, 0.2) is 14.5 Å². The second-order valence-electron chi connectivity index (χ2n) is 5.96. The van der Waals surface area contributed by atoms with Crippen LogP contribution in [0.2, 0.25) is 0 Å².